The zero-order valence-corrected chi connectivity index (χ0v) is 14.3. The molecule has 8 nitrogen and oxygen atoms in total. The molecule has 0 spiro atoms. The number of hydrogen-bond donors (Lipinski definition) is 6. The van der Waals surface area contributed by atoms with Gasteiger partial charge in [0.05, 0.1) is 5.69 Å². The standard InChI is InChI=1S/C14H15BrClNO7/c15-14(11(16)21)10(20)13(23,8(18)9(19)24-14)12(22)5-17-7-4-2-1-3-6(7)12/h1-5,8-11,18-23H/t8-,9+,10+,11?,12?,13-,14+/m1/s1. The number of aliphatic hydroxyl groups excluding tert-OH is 4. The lowest BCUT2D eigenvalue weighted by atomic mass is 9.69. The summed E-state index contributed by atoms with van der Waals surface area (Å²) in [5.41, 5.74) is -6.71. The molecule has 1 fully saturated rings. The molecule has 0 aromatic heterocycles. The molecule has 10 heteroatoms. The van der Waals surface area contributed by atoms with Gasteiger partial charge in [-0.2, -0.15) is 0 Å². The van der Waals surface area contributed by atoms with E-state index in [-0.39, 0.29) is 5.56 Å². The van der Waals surface area contributed by atoms with Crippen LogP contribution in [0.4, 0.5) is 5.69 Å². The molecular weight excluding hydrogens is 410 g/mol. The first-order valence-corrected chi connectivity index (χ1v) is 8.14. The van der Waals surface area contributed by atoms with Crippen LogP contribution in [0.2, 0.25) is 0 Å². The van der Waals surface area contributed by atoms with Crippen LogP contribution in [0.25, 0.3) is 0 Å². The Kier molecular flexibility index (Phi) is 4.31. The monoisotopic (exact) mass is 423 g/mol. The first kappa shape index (κ1) is 18.2. The summed E-state index contributed by atoms with van der Waals surface area (Å²) in [6.45, 7) is 0. The van der Waals surface area contributed by atoms with Gasteiger partial charge in [-0.05, 0) is 22.0 Å². The maximum Gasteiger partial charge on any atom is 0.194 e. The van der Waals surface area contributed by atoms with Gasteiger partial charge in [-0.3, -0.25) is 4.99 Å². The van der Waals surface area contributed by atoms with Crippen molar-refractivity contribution in [2.45, 2.75) is 39.8 Å². The number of nitrogens with zero attached hydrogens (tertiary/aromatic N) is 1. The Morgan fingerprint density at radius 3 is 2.46 bits per heavy atom. The highest BCUT2D eigenvalue weighted by atomic mass is 79.9. The molecule has 1 aromatic carbocycles. The van der Waals surface area contributed by atoms with Gasteiger partial charge < -0.3 is 35.4 Å². The number of ether oxygens (including phenoxy) is 1. The summed E-state index contributed by atoms with van der Waals surface area (Å²) in [6, 6.07) is 6.21. The number of benzene rings is 1. The predicted molar refractivity (Wildman–Crippen MR) is 86.1 cm³/mol. The minimum absolute atomic E-state index is 0.0959. The van der Waals surface area contributed by atoms with Crippen molar-refractivity contribution < 1.29 is 35.4 Å². The zero-order chi connectivity index (χ0) is 17.9. The minimum Gasteiger partial charge on any atom is -0.386 e. The predicted octanol–water partition coefficient (Wildman–Crippen LogP) is -0.960. The third-order valence-corrected chi connectivity index (χ3v) is 6.09. The van der Waals surface area contributed by atoms with E-state index in [2.05, 4.69) is 20.9 Å². The average Bonchev–Trinajstić information content (AvgIpc) is 2.90. The summed E-state index contributed by atoms with van der Waals surface area (Å²) in [5.74, 6) is 0. The first-order chi connectivity index (χ1) is 11.1. The van der Waals surface area contributed by atoms with E-state index in [4.69, 9.17) is 16.3 Å². The van der Waals surface area contributed by atoms with E-state index in [0.717, 1.165) is 6.21 Å². The van der Waals surface area contributed by atoms with E-state index < -0.39 is 39.8 Å². The second kappa shape index (κ2) is 5.70. The van der Waals surface area contributed by atoms with Gasteiger partial charge in [-0.25, -0.2) is 0 Å². The SMILES string of the molecule is OC(Cl)[C@@]1(Br)O[C@H](O)[C@@H](O)[C@](O)(C2(O)C=Nc3ccccc32)[C@@H]1O. The van der Waals surface area contributed by atoms with E-state index in [1.54, 1.807) is 18.2 Å². The minimum atomic E-state index is -2.81. The first-order valence-electron chi connectivity index (χ1n) is 6.91. The summed E-state index contributed by atoms with van der Waals surface area (Å²) in [5, 5.41) is 62.7. The fourth-order valence-electron chi connectivity index (χ4n) is 3.07. The van der Waals surface area contributed by atoms with Crippen LogP contribution in [0.15, 0.2) is 29.3 Å². The highest BCUT2D eigenvalue weighted by Gasteiger charge is 2.71. The van der Waals surface area contributed by atoms with Gasteiger partial charge in [0, 0.05) is 11.8 Å². The molecule has 132 valence electrons. The summed E-state index contributed by atoms with van der Waals surface area (Å²) >= 11 is 8.43. The summed E-state index contributed by atoms with van der Waals surface area (Å²) in [7, 11) is 0. The highest BCUT2D eigenvalue weighted by Crippen LogP contribution is 2.52. The third kappa shape index (κ3) is 2.14. The van der Waals surface area contributed by atoms with Gasteiger partial charge in [-0.15, -0.1) is 0 Å². The second-order valence-electron chi connectivity index (χ2n) is 5.76. The lowest BCUT2D eigenvalue weighted by Gasteiger charge is -2.55. The van der Waals surface area contributed by atoms with Gasteiger partial charge in [0.2, 0.25) is 0 Å². The van der Waals surface area contributed by atoms with Crippen molar-refractivity contribution in [3.05, 3.63) is 29.8 Å². The third-order valence-electron chi connectivity index (χ3n) is 4.45. The highest BCUT2D eigenvalue weighted by molar-refractivity contribution is 9.10. The van der Waals surface area contributed by atoms with Crippen molar-refractivity contribution in [2.75, 3.05) is 0 Å². The van der Waals surface area contributed by atoms with Crippen LogP contribution in [0, 0.1) is 0 Å². The van der Waals surface area contributed by atoms with Crippen molar-refractivity contribution in [2.24, 2.45) is 4.99 Å². The molecule has 24 heavy (non-hydrogen) atoms. The Labute approximate surface area is 149 Å². The Bertz CT molecular complexity index is 691. The maximum atomic E-state index is 11.1. The Hall–Kier alpha value is -0.620. The van der Waals surface area contributed by atoms with Crippen molar-refractivity contribution in [3.8, 4) is 0 Å². The molecule has 1 saturated heterocycles. The molecule has 0 bridgehead atoms. The van der Waals surface area contributed by atoms with Gasteiger partial charge in [0.25, 0.3) is 0 Å². The number of rotatable bonds is 2. The number of aliphatic imine (C=N–C) groups is 1. The maximum absolute atomic E-state index is 11.1. The number of fused-ring (bicyclic) bond motifs is 1. The van der Waals surface area contributed by atoms with Crippen LogP contribution in [0.3, 0.4) is 0 Å². The number of halogens is 2. The molecule has 7 atom stereocenters. The van der Waals surface area contributed by atoms with Crippen LogP contribution >= 0.6 is 27.5 Å². The molecule has 2 unspecified atom stereocenters. The van der Waals surface area contributed by atoms with E-state index in [1.807, 2.05) is 0 Å². The summed E-state index contributed by atoms with van der Waals surface area (Å²) < 4.78 is 2.66. The normalized spacial score (nSPS) is 45.9. The van der Waals surface area contributed by atoms with Crippen LogP contribution in [0.5, 0.6) is 0 Å². The molecule has 2 aliphatic heterocycles. The topological polar surface area (TPSA) is 143 Å². The van der Waals surface area contributed by atoms with Crippen LogP contribution in [0.1, 0.15) is 5.56 Å². The van der Waals surface area contributed by atoms with E-state index >= 15 is 0 Å². The second-order valence-corrected chi connectivity index (χ2v) is 7.41. The molecule has 0 amide bonds. The summed E-state index contributed by atoms with van der Waals surface area (Å²) in [4.78, 5) is 3.97. The zero-order valence-electron chi connectivity index (χ0n) is 12.0. The molecule has 2 heterocycles. The fourth-order valence-corrected chi connectivity index (χ4v) is 3.78. The van der Waals surface area contributed by atoms with E-state index in [1.165, 1.54) is 6.07 Å². The lowest BCUT2D eigenvalue weighted by Crippen LogP contribution is -2.78. The Morgan fingerprint density at radius 2 is 1.83 bits per heavy atom. The largest absolute Gasteiger partial charge is 0.386 e. The molecule has 6 N–H and O–H groups in total. The van der Waals surface area contributed by atoms with E-state index in [0.29, 0.717) is 5.69 Å². The smallest absolute Gasteiger partial charge is 0.194 e. The van der Waals surface area contributed by atoms with Crippen LogP contribution in [-0.2, 0) is 10.3 Å². The van der Waals surface area contributed by atoms with Crippen LogP contribution < -0.4 is 0 Å². The van der Waals surface area contributed by atoms with Crippen molar-refractivity contribution in [1.29, 1.82) is 0 Å². The van der Waals surface area contributed by atoms with Crippen LogP contribution in [-0.4, -0.2) is 71.0 Å². The Balaban J connectivity index is 2.19. The molecule has 0 radical (unpaired) electrons. The number of alkyl halides is 2. The Morgan fingerprint density at radius 1 is 1.21 bits per heavy atom. The number of para-hydroxylation sites is 1. The number of aliphatic hydroxyl groups is 6. The van der Waals surface area contributed by atoms with Crippen molar-refractivity contribution >= 4 is 39.4 Å². The van der Waals surface area contributed by atoms with Gasteiger partial charge in [-0.1, -0.05) is 29.8 Å². The quantitative estimate of drug-likeness (QED) is 0.336. The number of hydrogen-bond acceptors (Lipinski definition) is 8. The fraction of sp³-hybridized carbons (Fsp3) is 0.500. The lowest BCUT2D eigenvalue weighted by molar-refractivity contribution is -0.359. The van der Waals surface area contributed by atoms with Crippen molar-refractivity contribution in [3.63, 3.8) is 0 Å². The molecule has 1 aromatic rings. The van der Waals surface area contributed by atoms with Gasteiger partial charge in [0.15, 0.2) is 27.6 Å². The molecule has 2 aliphatic rings. The van der Waals surface area contributed by atoms with E-state index in [9.17, 15) is 30.6 Å². The molecule has 3 rings (SSSR count). The van der Waals surface area contributed by atoms with Gasteiger partial charge >= 0.3 is 0 Å². The van der Waals surface area contributed by atoms with Crippen molar-refractivity contribution in [1.82, 2.24) is 0 Å². The molecular formula is C14H15BrClNO7. The average molecular weight is 425 g/mol. The molecule has 0 saturated carbocycles. The summed E-state index contributed by atoms with van der Waals surface area (Å²) in [6.07, 6.45) is -5.43. The molecule has 0 aliphatic carbocycles. The van der Waals surface area contributed by atoms with Gasteiger partial charge in [0.1, 0.15) is 12.2 Å².